The Hall–Kier alpha value is -1.23. The zero-order chi connectivity index (χ0) is 13.1. The maximum absolute atomic E-state index is 12.1. The van der Waals surface area contributed by atoms with Crippen molar-refractivity contribution in [1.82, 2.24) is 9.88 Å². The van der Waals surface area contributed by atoms with E-state index in [0.717, 1.165) is 19.3 Å². The first-order valence-electron chi connectivity index (χ1n) is 6.12. The molecule has 0 saturated heterocycles. The first-order chi connectivity index (χ1) is 8.61. The van der Waals surface area contributed by atoms with Gasteiger partial charge in [0.25, 0.3) is 11.5 Å². The molecule has 1 N–H and O–H groups in total. The van der Waals surface area contributed by atoms with Crippen molar-refractivity contribution in [2.45, 2.75) is 30.6 Å². The van der Waals surface area contributed by atoms with Crippen LogP contribution in [-0.4, -0.2) is 28.0 Å². The van der Waals surface area contributed by atoms with Crippen LogP contribution in [-0.2, 0) is 7.05 Å². The Kier molecular flexibility index (Phi) is 4.11. The molecule has 0 radical (unpaired) electrons. The Bertz CT molecular complexity index is 498. The van der Waals surface area contributed by atoms with E-state index in [1.165, 1.54) is 10.6 Å². The fourth-order valence-corrected chi connectivity index (χ4v) is 3.25. The Labute approximate surface area is 111 Å². The molecule has 1 aliphatic rings. The lowest BCUT2D eigenvalue weighted by Crippen LogP contribution is -2.39. The highest BCUT2D eigenvalue weighted by molar-refractivity contribution is 7.99. The van der Waals surface area contributed by atoms with Gasteiger partial charge in [0, 0.05) is 36.2 Å². The Balaban J connectivity index is 2.07. The SMILES string of the molecule is CSC1CCCC1NC(=O)c1ccn(C)c(=O)c1. The quantitative estimate of drug-likeness (QED) is 0.899. The van der Waals surface area contributed by atoms with E-state index in [0.29, 0.717) is 10.8 Å². The number of nitrogens with one attached hydrogen (secondary N) is 1. The van der Waals surface area contributed by atoms with Crippen LogP contribution in [0, 0.1) is 0 Å². The Morgan fingerprint density at radius 2 is 2.28 bits per heavy atom. The second-order valence-corrected chi connectivity index (χ2v) is 5.73. The van der Waals surface area contributed by atoms with Crippen molar-refractivity contribution in [3.8, 4) is 0 Å². The molecule has 0 aromatic carbocycles. The first kappa shape index (κ1) is 13.2. The third-order valence-electron chi connectivity index (χ3n) is 3.44. The molecule has 5 heteroatoms. The number of aryl methyl sites for hydroxylation is 1. The van der Waals surface area contributed by atoms with Crippen LogP contribution in [0.25, 0.3) is 0 Å². The Morgan fingerprint density at radius 3 is 2.94 bits per heavy atom. The third-order valence-corrected chi connectivity index (χ3v) is 4.61. The second kappa shape index (κ2) is 5.61. The largest absolute Gasteiger partial charge is 0.348 e. The van der Waals surface area contributed by atoms with Gasteiger partial charge in [-0.05, 0) is 25.2 Å². The normalized spacial score (nSPS) is 23.0. The van der Waals surface area contributed by atoms with Crippen molar-refractivity contribution < 1.29 is 4.79 Å². The number of aromatic nitrogens is 1. The van der Waals surface area contributed by atoms with Gasteiger partial charge >= 0.3 is 0 Å². The van der Waals surface area contributed by atoms with E-state index in [-0.39, 0.29) is 17.5 Å². The summed E-state index contributed by atoms with van der Waals surface area (Å²) in [4.78, 5) is 23.5. The van der Waals surface area contributed by atoms with Crippen LogP contribution in [0.3, 0.4) is 0 Å². The summed E-state index contributed by atoms with van der Waals surface area (Å²) in [7, 11) is 1.67. The van der Waals surface area contributed by atoms with Crippen LogP contribution < -0.4 is 10.9 Å². The van der Waals surface area contributed by atoms with Gasteiger partial charge < -0.3 is 9.88 Å². The molecule has 1 aromatic rings. The van der Waals surface area contributed by atoms with E-state index in [9.17, 15) is 9.59 Å². The monoisotopic (exact) mass is 266 g/mol. The molecular formula is C13H18N2O2S. The number of rotatable bonds is 3. The van der Waals surface area contributed by atoms with Crippen molar-refractivity contribution in [3.05, 3.63) is 34.2 Å². The van der Waals surface area contributed by atoms with Crippen molar-refractivity contribution in [2.24, 2.45) is 7.05 Å². The number of hydrogen-bond acceptors (Lipinski definition) is 3. The average molecular weight is 266 g/mol. The molecule has 0 spiro atoms. The topological polar surface area (TPSA) is 51.1 Å². The molecule has 1 heterocycles. The highest BCUT2D eigenvalue weighted by Gasteiger charge is 2.27. The molecule has 2 unspecified atom stereocenters. The molecule has 18 heavy (non-hydrogen) atoms. The van der Waals surface area contributed by atoms with Crippen LogP contribution in [0.2, 0.25) is 0 Å². The fraction of sp³-hybridized carbons (Fsp3) is 0.538. The number of carbonyl (C=O) groups excluding carboxylic acids is 1. The van der Waals surface area contributed by atoms with E-state index in [1.807, 2.05) is 0 Å². The molecule has 2 rings (SSSR count). The lowest BCUT2D eigenvalue weighted by atomic mass is 10.2. The van der Waals surface area contributed by atoms with Gasteiger partial charge in [0.05, 0.1) is 0 Å². The molecule has 1 amide bonds. The average Bonchev–Trinajstić information content (AvgIpc) is 2.79. The first-order valence-corrected chi connectivity index (χ1v) is 7.41. The predicted octanol–water partition coefficient (Wildman–Crippen LogP) is 1.40. The third kappa shape index (κ3) is 2.77. The number of nitrogens with zero attached hydrogens (tertiary/aromatic N) is 1. The van der Waals surface area contributed by atoms with Gasteiger partial charge in [-0.15, -0.1) is 0 Å². The number of amides is 1. The van der Waals surface area contributed by atoms with Crippen molar-refractivity contribution in [1.29, 1.82) is 0 Å². The Morgan fingerprint density at radius 1 is 1.50 bits per heavy atom. The fourth-order valence-electron chi connectivity index (χ4n) is 2.31. The van der Waals surface area contributed by atoms with Crippen LogP contribution in [0.15, 0.2) is 23.1 Å². The number of pyridine rings is 1. The van der Waals surface area contributed by atoms with Crippen LogP contribution >= 0.6 is 11.8 Å². The maximum Gasteiger partial charge on any atom is 0.251 e. The van der Waals surface area contributed by atoms with Crippen LogP contribution in [0.1, 0.15) is 29.6 Å². The predicted molar refractivity (Wildman–Crippen MR) is 74.1 cm³/mol. The number of hydrogen-bond donors (Lipinski definition) is 1. The molecule has 98 valence electrons. The molecule has 2 atom stereocenters. The minimum Gasteiger partial charge on any atom is -0.348 e. The zero-order valence-corrected chi connectivity index (χ0v) is 11.5. The summed E-state index contributed by atoms with van der Waals surface area (Å²) in [6.45, 7) is 0. The second-order valence-electron chi connectivity index (χ2n) is 4.65. The highest BCUT2D eigenvalue weighted by Crippen LogP contribution is 2.28. The minimum absolute atomic E-state index is 0.140. The molecule has 1 saturated carbocycles. The van der Waals surface area contributed by atoms with Gasteiger partial charge in [-0.3, -0.25) is 9.59 Å². The van der Waals surface area contributed by atoms with Crippen LogP contribution in [0.4, 0.5) is 0 Å². The summed E-state index contributed by atoms with van der Waals surface area (Å²) in [6.07, 6.45) is 7.04. The summed E-state index contributed by atoms with van der Waals surface area (Å²) in [5.41, 5.74) is 0.292. The minimum atomic E-state index is -0.157. The number of thioether (sulfide) groups is 1. The van der Waals surface area contributed by atoms with Gasteiger partial charge in [-0.1, -0.05) is 6.42 Å². The summed E-state index contributed by atoms with van der Waals surface area (Å²) in [5, 5.41) is 3.54. The van der Waals surface area contributed by atoms with Gasteiger partial charge in [-0.2, -0.15) is 11.8 Å². The zero-order valence-electron chi connectivity index (χ0n) is 10.7. The lowest BCUT2D eigenvalue weighted by Gasteiger charge is -2.19. The molecule has 4 nitrogen and oxygen atoms in total. The van der Waals surface area contributed by atoms with Crippen LogP contribution in [0.5, 0.6) is 0 Å². The molecule has 1 fully saturated rings. The lowest BCUT2D eigenvalue weighted by molar-refractivity contribution is 0.0938. The van der Waals surface area contributed by atoms with Crippen molar-refractivity contribution >= 4 is 17.7 Å². The van der Waals surface area contributed by atoms with E-state index in [4.69, 9.17) is 0 Å². The standard InChI is InChI=1S/C13H18N2O2S/c1-15-7-6-9(8-12(15)16)13(17)14-10-4-3-5-11(10)18-2/h6-8,10-11H,3-5H2,1-2H3,(H,14,17). The van der Waals surface area contributed by atoms with Gasteiger partial charge in [-0.25, -0.2) is 0 Å². The smallest absolute Gasteiger partial charge is 0.251 e. The van der Waals surface area contributed by atoms with E-state index < -0.39 is 0 Å². The summed E-state index contributed by atoms with van der Waals surface area (Å²) in [5.74, 6) is -0.140. The summed E-state index contributed by atoms with van der Waals surface area (Å²) in [6, 6.07) is 3.30. The van der Waals surface area contributed by atoms with E-state index in [2.05, 4.69) is 11.6 Å². The van der Waals surface area contributed by atoms with Crippen molar-refractivity contribution in [3.63, 3.8) is 0 Å². The molecule has 1 aromatic heterocycles. The number of carbonyl (C=O) groups is 1. The summed E-state index contributed by atoms with van der Waals surface area (Å²) >= 11 is 1.80. The van der Waals surface area contributed by atoms with Gasteiger partial charge in [0.2, 0.25) is 0 Å². The molecule has 0 aliphatic heterocycles. The van der Waals surface area contributed by atoms with Gasteiger partial charge in [0.1, 0.15) is 0 Å². The maximum atomic E-state index is 12.1. The molecule has 1 aliphatic carbocycles. The van der Waals surface area contributed by atoms with E-state index >= 15 is 0 Å². The van der Waals surface area contributed by atoms with E-state index in [1.54, 1.807) is 31.1 Å². The summed E-state index contributed by atoms with van der Waals surface area (Å²) < 4.78 is 1.46. The highest BCUT2D eigenvalue weighted by atomic mass is 32.2. The molecule has 0 bridgehead atoms. The molecular weight excluding hydrogens is 248 g/mol. The van der Waals surface area contributed by atoms with Crippen molar-refractivity contribution in [2.75, 3.05) is 6.26 Å². The van der Waals surface area contributed by atoms with Gasteiger partial charge in [0.15, 0.2) is 0 Å².